The molecule has 2 aliphatic heterocycles. The zero-order valence-corrected chi connectivity index (χ0v) is 24.7. The molecule has 228 valence electrons. The van der Waals surface area contributed by atoms with Crippen molar-refractivity contribution < 1.29 is 22.8 Å². The number of rotatable bonds is 9. The van der Waals surface area contributed by atoms with E-state index in [1.165, 1.54) is 0 Å². The Hall–Kier alpha value is -3.64. The number of ether oxygens (including phenoxy) is 1. The molecule has 3 heterocycles. The summed E-state index contributed by atoms with van der Waals surface area (Å²) in [6.07, 6.45) is 7.11. The number of carbonyl (C=O) groups excluding carboxylic acids is 1. The minimum atomic E-state index is -2.67. The molecule has 4 aliphatic carbocycles. The highest BCUT2D eigenvalue weighted by molar-refractivity contribution is 5.94. The Labute approximate surface area is 255 Å². The summed E-state index contributed by atoms with van der Waals surface area (Å²) in [6.45, 7) is 0.992. The Bertz CT molecular complexity index is 1600. The summed E-state index contributed by atoms with van der Waals surface area (Å²) >= 11 is 0. The largest absolute Gasteiger partial charge is 0.370 e. The van der Waals surface area contributed by atoms with Gasteiger partial charge in [-0.25, -0.2) is 8.78 Å². The summed E-state index contributed by atoms with van der Waals surface area (Å²) in [7, 11) is 0. The van der Waals surface area contributed by atoms with E-state index in [1.807, 2.05) is 24.3 Å². The zero-order valence-electron chi connectivity index (χ0n) is 24.7. The van der Waals surface area contributed by atoms with Crippen molar-refractivity contribution in [1.82, 2.24) is 10.1 Å². The lowest BCUT2D eigenvalue weighted by atomic mass is 9.63. The fourth-order valence-corrected chi connectivity index (χ4v) is 7.63. The Morgan fingerprint density at radius 3 is 2.34 bits per heavy atom. The van der Waals surface area contributed by atoms with Crippen LogP contribution in [0.2, 0.25) is 0 Å². The normalized spacial score (nSPS) is 28.2. The lowest BCUT2D eigenvalue weighted by Gasteiger charge is -2.54. The van der Waals surface area contributed by atoms with Gasteiger partial charge < -0.3 is 14.2 Å². The second kappa shape index (κ2) is 9.93. The molecule has 9 heteroatoms. The van der Waals surface area contributed by atoms with Gasteiger partial charge in [-0.1, -0.05) is 35.5 Å². The predicted molar refractivity (Wildman–Crippen MR) is 158 cm³/mol. The molecular weight excluding hydrogens is 562 g/mol. The van der Waals surface area contributed by atoms with Crippen LogP contribution in [0.1, 0.15) is 93.5 Å². The number of amides is 1. The summed E-state index contributed by atoms with van der Waals surface area (Å²) < 4.78 is 39.5. The summed E-state index contributed by atoms with van der Waals surface area (Å²) in [6, 6.07) is 18.5. The van der Waals surface area contributed by atoms with Crippen LogP contribution >= 0.6 is 0 Å². The average molecular weight is 599 g/mol. The van der Waals surface area contributed by atoms with Crippen molar-refractivity contribution in [2.24, 2.45) is 11.3 Å². The van der Waals surface area contributed by atoms with Crippen LogP contribution in [0.4, 0.5) is 14.5 Å². The van der Waals surface area contributed by atoms with Crippen molar-refractivity contribution in [2.75, 3.05) is 18.1 Å². The van der Waals surface area contributed by atoms with Gasteiger partial charge in [0.1, 0.15) is 0 Å². The van der Waals surface area contributed by atoms with Crippen LogP contribution in [0, 0.1) is 22.7 Å². The first-order valence-corrected chi connectivity index (χ1v) is 16.0. The first kappa shape index (κ1) is 27.9. The van der Waals surface area contributed by atoms with E-state index in [9.17, 15) is 18.8 Å². The Balaban J connectivity index is 1.02. The Morgan fingerprint density at radius 2 is 1.73 bits per heavy atom. The lowest BCUT2D eigenvalue weighted by Crippen LogP contribution is -2.55. The van der Waals surface area contributed by atoms with E-state index in [1.54, 1.807) is 4.90 Å². The third-order valence-corrected chi connectivity index (χ3v) is 10.9. The predicted octanol–water partition coefficient (Wildman–Crippen LogP) is 7.42. The summed E-state index contributed by atoms with van der Waals surface area (Å²) in [5.41, 5.74) is 2.81. The van der Waals surface area contributed by atoms with Crippen LogP contribution in [0.5, 0.6) is 0 Å². The van der Waals surface area contributed by atoms with Crippen LogP contribution in [-0.4, -0.2) is 35.1 Å². The number of halogens is 2. The van der Waals surface area contributed by atoms with Crippen molar-refractivity contribution in [1.29, 1.82) is 5.26 Å². The van der Waals surface area contributed by atoms with Crippen LogP contribution in [0.15, 0.2) is 53.1 Å². The van der Waals surface area contributed by atoms with Crippen molar-refractivity contribution >= 4 is 11.6 Å². The highest BCUT2D eigenvalue weighted by Gasteiger charge is 2.53. The van der Waals surface area contributed by atoms with Crippen LogP contribution < -0.4 is 4.90 Å². The van der Waals surface area contributed by atoms with Crippen molar-refractivity contribution in [3.05, 3.63) is 65.5 Å². The van der Waals surface area contributed by atoms with E-state index in [2.05, 4.69) is 40.5 Å². The second-order valence-electron chi connectivity index (χ2n) is 14.2. The zero-order chi connectivity index (χ0) is 30.2. The summed E-state index contributed by atoms with van der Waals surface area (Å²) in [5, 5.41) is 13.7. The summed E-state index contributed by atoms with van der Waals surface area (Å²) in [5.74, 6) is -1.59. The first-order valence-electron chi connectivity index (χ1n) is 16.0. The minimum absolute atomic E-state index is 0.101. The van der Waals surface area contributed by atoms with Crippen LogP contribution in [0.25, 0.3) is 11.5 Å². The summed E-state index contributed by atoms with van der Waals surface area (Å²) in [4.78, 5) is 20.2. The molecule has 0 unspecified atom stereocenters. The molecule has 7 nitrogen and oxygen atoms in total. The molecular formula is C35H36F2N4O3. The van der Waals surface area contributed by atoms with Crippen molar-refractivity contribution in [2.45, 2.75) is 93.5 Å². The molecule has 1 amide bonds. The van der Waals surface area contributed by atoms with Gasteiger partial charge in [0.05, 0.1) is 23.7 Å². The number of hydrogen-bond donors (Lipinski definition) is 0. The van der Waals surface area contributed by atoms with E-state index in [4.69, 9.17) is 9.26 Å². The number of anilines is 1. The van der Waals surface area contributed by atoms with Gasteiger partial charge in [0.2, 0.25) is 11.8 Å². The maximum Gasteiger partial charge on any atom is 0.258 e. The van der Waals surface area contributed by atoms with Crippen LogP contribution in [-0.2, 0) is 20.5 Å². The topological polar surface area (TPSA) is 92.2 Å². The third-order valence-electron chi connectivity index (χ3n) is 10.9. The van der Waals surface area contributed by atoms with Gasteiger partial charge in [0, 0.05) is 48.4 Å². The fraction of sp³-hybridized carbons (Fsp3) is 0.543. The fourth-order valence-electron chi connectivity index (χ4n) is 7.63. The molecule has 6 aliphatic rings. The number of nitrogens with zero attached hydrogens (tertiary/aromatic N) is 4. The number of alkyl halides is 2. The number of aromatic nitrogens is 2. The molecule has 44 heavy (non-hydrogen) atoms. The monoisotopic (exact) mass is 598 g/mol. The molecule has 6 fully saturated rings. The van der Waals surface area contributed by atoms with Gasteiger partial charge in [-0.2, -0.15) is 10.2 Å². The number of nitriles is 1. The van der Waals surface area contributed by atoms with Gasteiger partial charge in [-0.15, -0.1) is 0 Å². The maximum atomic E-state index is 13.8. The van der Waals surface area contributed by atoms with Gasteiger partial charge >= 0.3 is 0 Å². The number of carbonyl (C=O) groups is 1. The lowest BCUT2D eigenvalue weighted by molar-refractivity contribution is -0.186. The molecule has 2 aromatic carbocycles. The highest BCUT2D eigenvalue weighted by Crippen LogP contribution is 2.55. The molecule has 0 atom stereocenters. The first-order chi connectivity index (χ1) is 21.2. The van der Waals surface area contributed by atoms with E-state index >= 15 is 0 Å². The maximum absolute atomic E-state index is 13.8. The molecule has 0 spiro atoms. The van der Waals surface area contributed by atoms with Crippen molar-refractivity contribution in [3.63, 3.8) is 0 Å². The number of hydrogen-bond acceptors (Lipinski definition) is 6. The van der Waals surface area contributed by atoms with E-state index in [-0.39, 0.29) is 47.5 Å². The molecule has 9 rings (SSSR count). The number of fused-ring (bicyclic) bond motifs is 3. The second-order valence-corrected chi connectivity index (χ2v) is 14.2. The van der Waals surface area contributed by atoms with Gasteiger partial charge in [-0.05, 0) is 86.6 Å². The molecule has 0 radical (unpaired) electrons. The molecule has 3 aromatic rings. The molecule has 4 saturated carbocycles. The Kier molecular flexibility index (Phi) is 6.29. The van der Waals surface area contributed by atoms with E-state index in [0.29, 0.717) is 30.6 Å². The average Bonchev–Trinajstić information content (AvgIpc) is 3.98. The smallest absolute Gasteiger partial charge is 0.258 e. The minimum Gasteiger partial charge on any atom is -0.370 e. The SMILES string of the molecule is N#CC1(c2ccc(C34CCC(CN(C(=O)CC5CC(F)(F)C5)c5cccc(-c6nc(C7CC7)no6)c5)(CC3)CO4)cc2)CC1. The molecule has 2 bridgehead atoms. The van der Waals surface area contributed by atoms with Gasteiger partial charge in [0.15, 0.2) is 5.82 Å². The van der Waals surface area contributed by atoms with Crippen molar-refractivity contribution in [3.8, 4) is 17.5 Å². The van der Waals surface area contributed by atoms with E-state index in [0.717, 1.165) is 73.9 Å². The molecule has 1 aromatic heterocycles. The van der Waals surface area contributed by atoms with E-state index < -0.39 is 5.92 Å². The molecule has 0 N–H and O–H groups in total. The highest BCUT2D eigenvalue weighted by atomic mass is 19.3. The Morgan fingerprint density at radius 1 is 1.00 bits per heavy atom. The standard InChI is InChI=1S/C35H36F2N4O3/c36-35(37)18-23(19-35)16-29(42)41(28-3-1-2-25(17-28)31-39-30(40-44-31)24-4-5-24)21-32-10-14-34(15-11-32,43-22-32)27-8-6-26(7-9-27)33(20-38)12-13-33/h1-3,6-9,17,23-24H,4-5,10-16,18-19,21-22H2. The van der Waals surface area contributed by atoms with Gasteiger partial charge in [0.25, 0.3) is 5.89 Å². The molecule has 2 saturated heterocycles. The quantitative estimate of drug-likeness (QED) is 0.255. The van der Waals surface area contributed by atoms with Crippen LogP contribution in [0.3, 0.4) is 0 Å². The number of benzene rings is 2. The third kappa shape index (κ3) is 4.92. The van der Waals surface area contributed by atoms with Gasteiger partial charge in [-0.3, -0.25) is 4.79 Å².